The highest BCUT2D eigenvalue weighted by molar-refractivity contribution is 6.21. The summed E-state index contributed by atoms with van der Waals surface area (Å²) in [5.74, 6) is -1.49. The van der Waals surface area contributed by atoms with Gasteiger partial charge in [-0.1, -0.05) is 43.3 Å². The minimum atomic E-state index is -0.532. The van der Waals surface area contributed by atoms with Gasteiger partial charge in [0, 0.05) is 18.5 Å². The number of fused-ring (bicyclic) bond motifs is 1. The van der Waals surface area contributed by atoms with E-state index in [-0.39, 0.29) is 43.6 Å². The van der Waals surface area contributed by atoms with E-state index in [0.29, 0.717) is 16.7 Å². The molecule has 28 heavy (non-hydrogen) atoms. The van der Waals surface area contributed by atoms with Gasteiger partial charge in [0.05, 0.1) is 11.1 Å². The number of benzene rings is 2. The molecule has 2 aromatic rings. The quantitative estimate of drug-likeness (QED) is 0.400. The number of rotatable bonds is 8. The molecule has 144 valence electrons. The molecule has 0 bridgehead atoms. The van der Waals surface area contributed by atoms with Crippen molar-refractivity contribution in [3.8, 4) is 0 Å². The van der Waals surface area contributed by atoms with E-state index in [1.54, 1.807) is 36.4 Å². The summed E-state index contributed by atoms with van der Waals surface area (Å²) in [4.78, 5) is 49.6. The molecule has 6 nitrogen and oxygen atoms in total. The standard InChI is InChI=1S/C22H21NO5/c1-2-15-9-11-16(12-10-15)19(24)14-28-20(25)8-5-13-23-21(26)17-6-3-4-7-18(17)22(23)27/h3-4,6-7,9-12H,2,5,8,13-14H2,1H3. The number of hydrogen-bond acceptors (Lipinski definition) is 5. The van der Waals surface area contributed by atoms with Gasteiger partial charge in [0.2, 0.25) is 0 Å². The highest BCUT2D eigenvalue weighted by Gasteiger charge is 2.34. The third-order valence-electron chi connectivity index (χ3n) is 4.69. The third kappa shape index (κ3) is 4.17. The second kappa shape index (κ2) is 8.61. The molecule has 6 heteroatoms. The maximum Gasteiger partial charge on any atom is 0.306 e. The number of amides is 2. The van der Waals surface area contributed by atoms with Crippen LogP contribution >= 0.6 is 0 Å². The fourth-order valence-corrected chi connectivity index (χ4v) is 3.05. The summed E-state index contributed by atoms with van der Waals surface area (Å²) in [6, 6.07) is 13.8. The van der Waals surface area contributed by atoms with Gasteiger partial charge in [-0.2, -0.15) is 0 Å². The topological polar surface area (TPSA) is 80.8 Å². The Kier molecular flexibility index (Phi) is 5.99. The molecule has 1 heterocycles. The van der Waals surface area contributed by atoms with Gasteiger partial charge >= 0.3 is 5.97 Å². The maximum absolute atomic E-state index is 12.2. The first-order chi connectivity index (χ1) is 13.5. The van der Waals surface area contributed by atoms with E-state index in [2.05, 4.69) is 0 Å². The summed E-state index contributed by atoms with van der Waals surface area (Å²) in [6.45, 7) is 1.84. The highest BCUT2D eigenvalue weighted by Crippen LogP contribution is 2.22. The monoisotopic (exact) mass is 379 g/mol. The lowest BCUT2D eigenvalue weighted by Gasteiger charge is -2.13. The summed E-state index contributed by atoms with van der Waals surface area (Å²) < 4.78 is 5.02. The van der Waals surface area contributed by atoms with Crippen molar-refractivity contribution in [2.75, 3.05) is 13.2 Å². The third-order valence-corrected chi connectivity index (χ3v) is 4.69. The number of carbonyl (C=O) groups excluding carboxylic acids is 4. The van der Waals surface area contributed by atoms with Crippen molar-refractivity contribution < 1.29 is 23.9 Å². The predicted molar refractivity (Wildman–Crippen MR) is 102 cm³/mol. The second-order valence-corrected chi connectivity index (χ2v) is 6.55. The van der Waals surface area contributed by atoms with Crippen LogP contribution in [0.4, 0.5) is 0 Å². The summed E-state index contributed by atoms with van der Waals surface area (Å²) in [5, 5.41) is 0. The van der Waals surface area contributed by atoms with Gasteiger partial charge in [-0.25, -0.2) is 0 Å². The lowest BCUT2D eigenvalue weighted by Crippen LogP contribution is -2.31. The molecular formula is C22H21NO5. The van der Waals surface area contributed by atoms with Crippen LogP contribution in [0.3, 0.4) is 0 Å². The van der Waals surface area contributed by atoms with Crippen LogP contribution < -0.4 is 0 Å². The molecule has 0 fully saturated rings. The van der Waals surface area contributed by atoms with Gasteiger partial charge in [-0.3, -0.25) is 24.1 Å². The molecule has 0 saturated heterocycles. The Bertz CT molecular complexity index is 882. The number of ketones is 1. The van der Waals surface area contributed by atoms with E-state index in [4.69, 9.17) is 4.74 Å². The fraction of sp³-hybridized carbons (Fsp3) is 0.273. The molecule has 0 N–H and O–H groups in total. The molecule has 2 amide bonds. The van der Waals surface area contributed by atoms with Crippen LogP contribution in [0.5, 0.6) is 0 Å². The van der Waals surface area contributed by atoms with Gasteiger partial charge in [-0.15, -0.1) is 0 Å². The van der Waals surface area contributed by atoms with E-state index in [1.165, 1.54) is 0 Å². The number of carbonyl (C=O) groups is 4. The molecule has 2 aromatic carbocycles. The molecule has 1 aliphatic rings. The van der Waals surface area contributed by atoms with Crippen LogP contribution in [0.2, 0.25) is 0 Å². The van der Waals surface area contributed by atoms with Crippen LogP contribution in [-0.4, -0.2) is 41.6 Å². The number of Topliss-reactive ketones (excluding diaryl/α,β-unsaturated/α-hetero) is 1. The zero-order chi connectivity index (χ0) is 20.1. The van der Waals surface area contributed by atoms with Crippen LogP contribution in [-0.2, 0) is 16.0 Å². The lowest BCUT2D eigenvalue weighted by molar-refractivity contribution is -0.142. The largest absolute Gasteiger partial charge is 0.457 e. The summed E-state index contributed by atoms with van der Waals surface area (Å²) in [6.07, 6.45) is 1.19. The summed E-state index contributed by atoms with van der Waals surface area (Å²) >= 11 is 0. The van der Waals surface area contributed by atoms with E-state index < -0.39 is 5.97 Å². The molecule has 0 aliphatic carbocycles. The molecule has 0 unspecified atom stereocenters. The number of aryl methyl sites for hydroxylation is 1. The van der Waals surface area contributed by atoms with Crippen molar-refractivity contribution in [3.63, 3.8) is 0 Å². The van der Waals surface area contributed by atoms with Crippen molar-refractivity contribution >= 4 is 23.6 Å². The van der Waals surface area contributed by atoms with Crippen molar-refractivity contribution in [2.24, 2.45) is 0 Å². The molecule has 1 aliphatic heterocycles. The van der Waals surface area contributed by atoms with Gasteiger partial charge in [0.15, 0.2) is 12.4 Å². The molecule has 0 aromatic heterocycles. The Hall–Kier alpha value is -3.28. The van der Waals surface area contributed by atoms with Gasteiger partial charge in [0.1, 0.15) is 0 Å². The van der Waals surface area contributed by atoms with Crippen molar-refractivity contribution in [1.29, 1.82) is 0 Å². The van der Waals surface area contributed by atoms with E-state index >= 15 is 0 Å². The first-order valence-corrected chi connectivity index (χ1v) is 9.24. The van der Waals surface area contributed by atoms with Crippen molar-refractivity contribution in [2.45, 2.75) is 26.2 Å². The Morgan fingerprint density at radius 2 is 1.54 bits per heavy atom. The zero-order valence-corrected chi connectivity index (χ0v) is 15.6. The molecule has 3 rings (SSSR count). The number of nitrogens with zero attached hydrogens (tertiary/aromatic N) is 1. The van der Waals surface area contributed by atoms with Crippen LogP contribution in [0, 0.1) is 0 Å². The second-order valence-electron chi connectivity index (χ2n) is 6.55. The summed E-state index contributed by atoms with van der Waals surface area (Å²) in [5.41, 5.74) is 2.39. The minimum absolute atomic E-state index is 0.0233. The number of ether oxygens (including phenoxy) is 1. The normalized spacial score (nSPS) is 12.8. The smallest absolute Gasteiger partial charge is 0.306 e. The first-order valence-electron chi connectivity index (χ1n) is 9.24. The minimum Gasteiger partial charge on any atom is -0.457 e. The van der Waals surface area contributed by atoms with E-state index in [0.717, 1.165) is 16.9 Å². The lowest BCUT2D eigenvalue weighted by atomic mass is 10.1. The summed E-state index contributed by atoms with van der Waals surface area (Å²) in [7, 11) is 0. The predicted octanol–water partition coefficient (Wildman–Crippen LogP) is 3.05. The van der Waals surface area contributed by atoms with Gasteiger partial charge in [0.25, 0.3) is 11.8 Å². The SMILES string of the molecule is CCc1ccc(C(=O)COC(=O)CCCN2C(=O)c3ccccc3C2=O)cc1. The average Bonchev–Trinajstić information content (AvgIpc) is 2.97. The molecule has 0 atom stereocenters. The molecular weight excluding hydrogens is 358 g/mol. The number of imide groups is 1. The van der Waals surface area contributed by atoms with Crippen LogP contribution in [0.15, 0.2) is 48.5 Å². The highest BCUT2D eigenvalue weighted by atomic mass is 16.5. The van der Waals surface area contributed by atoms with E-state index in [9.17, 15) is 19.2 Å². The molecule has 0 radical (unpaired) electrons. The first kappa shape index (κ1) is 19.5. The van der Waals surface area contributed by atoms with Gasteiger partial charge < -0.3 is 4.74 Å². The number of esters is 1. The Morgan fingerprint density at radius 3 is 2.11 bits per heavy atom. The Morgan fingerprint density at radius 1 is 0.929 bits per heavy atom. The van der Waals surface area contributed by atoms with Crippen molar-refractivity contribution in [1.82, 2.24) is 4.90 Å². The van der Waals surface area contributed by atoms with Crippen molar-refractivity contribution in [3.05, 3.63) is 70.8 Å². The molecule has 0 saturated carbocycles. The Labute approximate surface area is 163 Å². The number of hydrogen-bond donors (Lipinski definition) is 0. The maximum atomic E-state index is 12.2. The van der Waals surface area contributed by atoms with E-state index in [1.807, 2.05) is 19.1 Å². The molecule has 0 spiro atoms. The van der Waals surface area contributed by atoms with Crippen LogP contribution in [0.1, 0.15) is 56.4 Å². The van der Waals surface area contributed by atoms with Gasteiger partial charge in [-0.05, 0) is 30.5 Å². The Balaban J connectivity index is 1.43. The average molecular weight is 379 g/mol. The van der Waals surface area contributed by atoms with Crippen LogP contribution in [0.25, 0.3) is 0 Å². The zero-order valence-electron chi connectivity index (χ0n) is 15.6. The fourth-order valence-electron chi connectivity index (χ4n) is 3.05.